The summed E-state index contributed by atoms with van der Waals surface area (Å²) in [6, 6.07) is 15.9. The van der Waals surface area contributed by atoms with Gasteiger partial charge >= 0.3 is 5.97 Å². The summed E-state index contributed by atoms with van der Waals surface area (Å²) in [7, 11) is 1.22. The molecule has 32 heavy (non-hydrogen) atoms. The Morgan fingerprint density at radius 2 is 1.75 bits per heavy atom. The van der Waals surface area contributed by atoms with Gasteiger partial charge in [0.15, 0.2) is 0 Å². The number of hydrogen-bond donors (Lipinski definition) is 1. The molecule has 3 aromatic rings. The van der Waals surface area contributed by atoms with E-state index < -0.39 is 17.4 Å². The van der Waals surface area contributed by atoms with Crippen LogP contribution >= 0.6 is 34.5 Å². The number of aromatic nitrogens is 1. The number of nitriles is 1. The van der Waals surface area contributed by atoms with E-state index in [0.29, 0.717) is 24.8 Å². The molecule has 0 radical (unpaired) electrons. The molecule has 1 atom stereocenters. The summed E-state index contributed by atoms with van der Waals surface area (Å²) in [6.07, 6.45) is 1.69. The number of benzene rings is 2. The normalized spacial score (nSPS) is 16.0. The average Bonchev–Trinajstić information content (AvgIpc) is 3.11. The van der Waals surface area contributed by atoms with Crippen LogP contribution in [-0.2, 0) is 9.53 Å². The quantitative estimate of drug-likeness (QED) is 0.577. The molecule has 1 aromatic heterocycles. The highest BCUT2D eigenvalue weighted by Crippen LogP contribution is 2.36. The maximum Gasteiger partial charge on any atom is 0.338 e. The lowest BCUT2D eigenvalue weighted by molar-refractivity contribution is -0.136. The molecule has 0 unspecified atom stereocenters. The van der Waals surface area contributed by atoms with Crippen molar-refractivity contribution in [3.05, 3.63) is 94.8 Å². The maximum atomic E-state index is 13.2. The Kier molecular flexibility index (Phi) is 5.94. The van der Waals surface area contributed by atoms with Crippen molar-refractivity contribution in [3.63, 3.8) is 0 Å². The third-order valence-corrected chi connectivity index (χ3v) is 6.66. The van der Waals surface area contributed by atoms with Crippen molar-refractivity contribution in [1.29, 1.82) is 5.26 Å². The molecule has 1 aliphatic heterocycles. The predicted molar refractivity (Wildman–Crippen MR) is 125 cm³/mol. The molecule has 0 spiro atoms. The minimum absolute atomic E-state index is 0.0248. The molecule has 0 bridgehead atoms. The third kappa shape index (κ3) is 3.73. The molecule has 160 valence electrons. The van der Waals surface area contributed by atoms with E-state index in [1.807, 2.05) is 0 Å². The van der Waals surface area contributed by atoms with Gasteiger partial charge in [0.05, 0.1) is 34.8 Å². The van der Waals surface area contributed by atoms with E-state index >= 15 is 0 Å². The van der Waals surface area contributed by atoms with E-state index in [9.17, 15) is 14.9 Å². The van der Waals surface area contributed by atoms with Gasteiger partial charge in [-0.2, -0.15) is 5.26 Å². The van der Waals surface area contributed by atoms with Gasteiger partial charge in [0.1, 0.15) is 10.5 Å². The lowest BCUT2D eigenvalue weighted by Gasteiger charge is -2.24. The number of esters is 1. The van der Waals surface area contributed by atoms with Crippen molar-refractivity contribution >= 4 is 58.0 Å². The van der Waals surface area contributed by atoms with Gasteiger partial charge in [-0.05, 0) is 41.5 Å². The molecule has 0 amide bonds. The lowest BCUT2D eigenvalue weighted by Crippen LogP contribution is -2.40. The van der Waals surface area contributed by atoms with Crippen LogP contribution in [0.15, 0.2) is 58.9 Å². The van der Waals surface area contributed by atoms with Crippen molar-refractivity contribution in [2.45, 2.75) is 5.92 Å². The van der Waals surface area contributed by atoms with Crippen LogP contribution in [0.25, 0.3) is 17.5 Å². The monoisotopic (exact) mass is 483 g/mol. The molecule has 2 heterocycles. The summed E-state index contributed by atoms with van der Waals surface area (Å²) in [5.74, 6) is -1.59. The van der Waals surface area contributed by atoms with Crippen molar-refractivity contribution in [1.82, 2.24) is 4.57 Å². The Morgan fingerprint density at radius 1 is 1.16 bits per heavy atom. The largest absolute Gasteiger partial charge is 0.466 e. The molecule has 4 rings (SSSR count). The Balaban J connectivity index is 2.06. The van der Waals surface area contributed by atoms with Crippen molar-refractivity contribution in [2.75, 3.05) is 7.11 Å². The molecular formula is C23H15Cl2N3O3S. The van der Waals surface area contributed by atoms with E-state index in [2.05, 4.69) is 6.07 Å². The van der Waals surface area contributed by atoms with E-state index in [-0.39, 0.29) is 17.0 Å². The van der Waals surface area contributed by atoms with E-state index in [1.165, 1.54) is 11.7 Å². The second kappa shape index (κ2) is 8.67. The number of methoxy groups -OCH3 is 1. The van der Waals surface area contributed by atoms with Gasteiger partial charge in [-0.25, -0.2) is 4.79 Å². The number of nitrogens with zero attached hydrogens (tertiary/aromatic N) is 2. The summed E-state index contributed by atoms with van der Waals surface area (Å²) < 4.78 is 6.86. The van der Waals surface area contributed by atoms with Gasteiger partial charge in [0.2, 0.25) is 0 Å². The number of carbonyl (C=O) groups is 1. The molecule has 0 saturated carbocycles. The Hall–Kier alpha value is -3.31. The molecule has 0 fully saturated rings. The Morgan fingerprint density at radius 3 is 2.31 bits per heavy atom. The second-order valence-electron chi connectivity index (χ2n) is 6.91. The van der Waals surface area contributed by atoms with Gasteiger partial charge in [-0.3, -0.25) is 9.36 Å². The number of nitrogens with two attached hydrogens (primary N) is 1. The molecule has 2 N–H and O–H groups in total. The van der Waals surface area contributed by atoms with Crippen LogP contribution in [-0.4, -0.2) is 17.6 Å². The summed E-state index contributed by atoms with van der Waals surface area (Å²) in [5, 5.41) is 11.1. The number of ether oxygens (including phenoxy) is 1. The van der Waals surface area contributed by atoms with Crippen molar-refractivity contribution in [3.8, 4) is 6.07 Å². The van der Waals surface area contributed by atoms with Gasteiger partial charge in [0.25, 0.3) is 5.56 Å². The SMILES string of the molecule is COC(=O)C1=C(N)n2c(s/c(=C\c3ccc(Cl)cc3)c2=O)=C(C#N)[C@@H]1c1ccc(Cl)cc1. The van der Waals surface area contributed by atoms with Crippen LogP contribution in [0.3, 0.4) is 0 Å². The predicted octanol–water partition coefficient (Wildman–Crippen LogP) is 2.82. The molecule has 2 aromatic carbocycles. The minimum Gasteiger partial charge on any atom is -0.466 e. The maximum absolute atomic E-state index is 13.2. The molecule has 0 aliphatic carbocycles. The van der Waals surface area contributed by atoms with Crippen LogP contribution in [0.5, 0.6) is 0 Å². The van der Waals surface area contributed by atoms with Gasteiger partial charge < -0.3 is 10.5 Å². The fourth-order valence-corrected chi connectivity index (χ4v) is 4.94. The number of hydrogen-bond acceptors (Lipinski definition) is 6. The summed E-state index contributed by atoms with van der Waals surface area (Å²) in [4.78, 5) is 25.9. The van der Waals surface area contributed by atoms with Crippen LogP contribution in [0.1, 0.15) is 17.0 Å². The Labute approximate surface area is 196 Å². The van der Waals surface area contributed by atoms with Gasteiger partial charge in [-0.1, -0.05) is 47.5 Å². The van der Waals surface area contributed by atoms with Gasteiger partial charge in [0, 0.05) is 10.0 Å². The van der Waals surface area contributed by atoms with Crippen LogP contribution in [0.2, 0.25) is 10.0 Å². The van der Waals surface area contributed by atoms with Gasteiger partial charge in [-0.15, -0.1) is 11.3 Å². The average molecular weight is 484 g/mol. The second-order valence-corrected chi connectivity index (χ2v) is 8.81. The number of halogens is 2. The van der Waals surface area contributed by atoms with Crippen molar-refractivity contribution in [2.24, 2.45) is 5.73 Å². The van der Waals surface area contributed by atoms with Crippen LogP contribution in [0, 0.1) is 11.3 Å². The lowest BCUT2D eigenvalue weighted by atomic mass is 9.84. The zero-order valence-corrected chi connectivity index (χ0v) is 19.0. The number of carbonyl (C=O) groups excluding carboxylic acids is 1. The number of fused-ring (bicyclic) bond motifs is 1. The number of thiazole rings is 1. The molecule has 9 heteroatoms. The third-order valence-electron chi connectivity index (χ3n) is 5.05. The summed E-state index contributed by atoms with van der Waals surface area (Å²) >= 11 is 13.1. The zero-order valence-electron chi connectivity index (χ0n) is 16.6. The zero-order chi connectivity index (χ0) is 23.0. The molecule has 1 aliphatic rings. The highest BCUT2D eigenvalue weighted by Gasteiger charge is 2.36. The first-order chi connectivity index (χ1) is 15.3. The molecular weight excluding hydrogens is 469 g/mol. The van der Waals surface area contributed by atoms with Crippen LogP contribution < -0.4 is 20.5 Å². The Bertz CT molecular complexity index is 1480. The minimum atomic E-state index is -0.800. The fourth-order valence-electron chi connectivity index (χ4n) is 3.56. The van der Waals surface area contributed by atoms with E-state index in [4.69, 9.17) is 33.7 Å². The summed E-state index contributed by atoms with van der Waals surface area (Å²) in [6.45, 7) is 0. The molecule has 6 nitrogen and oxygen atoms in total. The summed E-state index contributed by atoms with van der Waals surface area (Å²) in [5.41, 5.74) is 7.54. The topological polar surface area (TPSA) is 98.1 Å². The van der Waals surface area contributed by atoms with Crippen molar-refractivity contribution < 1.29 is 9.53 Å². The first-order valence-corrected chi connectivity index (χ1v) is 10.9. The fraction of sp³-hybridized carbons (Fsp3) is 0.0870. The first-order valence-electron chi connectivity index (χ1n) is 9.33. The van der Waals surface area contributed by atoms with E-state index in [0.717, 1.165) is 16.9 Å². The first kappa shape index (κ1) is 21.9. The standard InChI is InChI=1S/C23H15Cl2N3O3S/c1-31-23(30)19-18(13-4-8-15(25)9-5-13)16(11-26)22-28(20(19)27)21(29)17(32-22)10-12-2-6-14(24)7-3-12/h2-10,18H,27H2,1H3/b17-10-/t18-/m0/s1. The highest BCUT2D eigenvalue weighted by molar-refractivity contribution is 7.07. The van der Waals surface area contributed by atoms with E-state index in [1.54, 1.807) is 54.6 Å². The smallest absolute Gasteiger partial charge is 0.338 e. The molecule has 0 saturated heterocycles. The highest BCUT2D eigenvalue weighted by atomic mass is 35.5. The van der Waals surface area contributed by atoms with Crippen LogP contribution in [0.4, 0.5) is 0 Å². The number of rotatable bonds is 3.